The lowest BCUT2D eigenvalue weighted by molar-refractivity contribution is 0.262. The van der Waals surface area contributed by atoms with E-state index in [4.69, 9.17) is 23.2 Å². The van der Waals surface area contributed by atoms with E-state index < -0.39 is 6.03 Å². The highest BCUT2D eigenvalue weighted by molar-refractivity contribution is 6.32. The highest BCUT2D eigenvalue weighted by atomic mass is 35.5. The monoisotopic (exact) mass is 482 g/mol. The summed E-state index contributed by atoms with van der Waals surface area (Å²) in [7, 11) is 1.80. The van der Waals surface area contributed by atoms with Crippen molar-refractivity contribution in [3.8, 4) is 5.82 Å². The van der Waals surface area contributed by atoms with E-state index in [0.29, 0.717) is 33.7 Å². The second-order valence-electron chi connectivity index (χ2n) is 6.23. The van der Waals surface area contributed by atoms with E-state index in [1.54, 1.807) is 29.9 Å². The Morgan fingerprint density at radius 2 is 1.84 bits per heavy atom. The first-order chi connectivity index (χ1) is 14.5. The minimum Gasteiger partial charge on any atom is -0.312 e. The molecule has 0 unspecified atom stereocenters. The van der Waals surface area contributed by atoms with Gasteiger partial charge in [0, 0.05) is 12.1 Å². The van der Waals surface area contributed by atoms with Crippen LogP contribution < -0.4 is 16.0 Å². The van der Waals surface area contributed by atoms with Crippen LogP contribution in [0.2, 0.25) is 10.2 Å². The van der Waals surface area contributed by atoms with Gasteiger partial charge >= 0.3 is 6.03 Å². The third kappa shape index (κ3) is 4.69. The summed E-state index contributed by atoms with van der Waals surface area (Å²) in [5.41, 5.74) is 2.13. The molecule has 0 radical (unpaired) electrons. The zero-order valence-corrected chi connectivity index (χ0v) is 18.6. The lowest BCUT2D eigenvalue weighted by atomic mass is 10.2. The molecule has 0 aliphatic rings. The van der Waals surface area contributed by atoms with Gasteiger partial charge in [0.15, 0.2) is 16.6 Å². The number of nitrogens with one attached hydrogen (secondary N) is 3. The van der Waals surface area contributed by atoms with Crippen molar-refractivity contribution < 1.29 is 4.79 Å². The molecule has 0 spiro atoms. The zero-order valence-electron chi connectivity index (χ0n) is 16.2. The number of halogens is 3. The first kappa shape index (κ1) is 22.7. The molecule has 0 saturated carbocycles. The number of anilines is 2. The third-order valence-electron chi connectivity index (χ3n) is 4.27. The van der Waals surface area contributed by atoms with E-state index >= 15 is 0 Å². The van der Waals surface area contributed by atoms with Crippen molar-refractivity contribution in [3.63, 3.8) is 0 Å². The van der Waals surface area contributed by atoms with Gasteiger partial charge in [-0.1, -0.05) is 23.2 Å². The number of pyridine rings is 1. The lowest BCUT2D eigenvalue weighted by Gasteiger charge is -2.17. The maximum Gasteiger partial charge on any atom is 0.323 e. The first-order valence-electron chi connectivity index (χ1n) is 8.78. The molecule has 0 fully saturated rings. The number of nitrogens with zero attached hydrogens (tertiary/aromatic N) is 7. The summed E-state index contributed by atoms with van der Waals surface area (Å²) >= 11 is 12.3. The van der Waals surface area contributed by atoms with E-state index in [1.807, 2.05) is 6.92 Å². The Morgan fingerprint density at radius 1 is 1.10 bits per heavy atom. The molecule has 31 heavy (non-hydrogen) atoms. The van der Waals surface area contributed by atoms with Gasteiger partial charge in [-0.2, -0.15) is 15.3 Å². The fraction of sp³-hybridized carbons (Fsp3) is 0.176. The van der Waals surface area contributed by atoms with E-state index in [1.165, 1.54) is 23.4 Å². The molecule has 3 N–H and O–H groups in total. The van der Waals surface area contributed by atoms with Gasteiger partial charge in [-0.3, -0.25) is 0 Å². The minimum absolute atomic E-state index is 0. The Morgan fingerprint density at radius 3 is 2.52 bits per heavy atom. The molecule has 0 bridgehead atoms. The molecule has 11 nitrogen and oxygen atoms in total. The molecular formula is C17H17Cl3N10O. The number of fused-ring (bicyclic) bond motifs is 1. The van der Waals surface area contributed by atoms with E-state index in [0.717, 1.165) is 0 Å². The van der Waals surface area contributed by atoms with Crippen LogP contribution in [-0.2, 0) is 0 Å². The van der Waals surface area contributed by atoms with Crippen LogP contribution in [0, 0.1) is 0 Å². The first-order valence-corrected chi connectivity index (χ1v) is 9.53. The summed E-state index contributed by atoms with van der Waals surface area (Å²) in [5.74, 6) is 0.350. The Labute approximate surface area is 192 Å². The normalized spacial score (nSPS) is 11.7. The van der Waals surface area contributed by atoms with Gasteiger partial charge in [-0.25, -0.2) is 19.3 Å². The largest absolute Gasteiger partial charge is 0.323 e. The number of carbonyl (C=O) groups excluding carboxylic acids is 1. The van der Waals surface area contributed by atoms with Crippen LogP contribution in [0.5, 0.6) is 0 Å². The van der Waals surface area contributed by atoms with Crippen molar-refractivity contribution in [2.75, 3.05) is 17.7 Å². The Hall–Kier alpha value is -2.99. The molecule has 1 atom stereocenters. The molecule has 2 amide bonds. The maximum atomic E-state index is 12.6. The van der Waals surface area contributed by atoms with E-state index in [2.05, 4.69) is 41.2 Å². The van der Waals surface area contributed by atoms with Gasteiger partial charge in [0.25, 0.3) is 0 Å². The van der Waals surface area contributed by atoms with Gasteiger partial charge in [0.05, 0.1) is 46.9 Å². The zero-order chi connectivity index (χ0) is 21.3. The summed E-state index contributed by atoms with van der Waals surface area (Å²) in [5, 5.41) is 21.4. The number of aromatic nitrogens is 7. The van der Waals surface area contributed by atoms with Gasteiger partial charge < -0.3 is 16.0 Å². The number of hydrogen-bond donors (Lipinski definition) is 3. The topological polar surface area (TPSA) is 127 Å². The van der Waals surface area contributed by atoms with Crippen LogP contribution in [0.1, 0.15) is 18.7 Å². The smallest absolute Gasteiger partial charge is 0.312 e. The molecule has 0 aliphatic heterocycles. The van der Waals surface area contributed by atoms with Gasteiger partial charge in [0.2, 0.25) is 0 Å². The van der Waals surface area contributed by atoms with Crippen LogP contribution in [0.15, 0.2) is 36.9 Å². The standard InChI is InChI=1S/C17H16Cl2N10O.ClH/c1-9(20-2)15-12(8-21-14-6-13(19)27-28(14)15)26-17(30)25-10-5-11(18)16(22-7-10)29-23-3-4-24-29;/h3-9,20H,1-2H3,(H2,25,26,30);1H/t9-;/m0./s1. The number of hydrogen-bond acceptors (Lipinski definition) is 7. The molecule has 14 heteroatoms. The van der Waals surface area contributed by atoms with Gasteiger partial charge in [0.1, 0.15) is 0 Å². The molecule has 4 heterocycles. The summed E-state index contributed by atoms with van der Waals surface area (Å²) in [6, 6.07) is 2.56. The quantitative estimate of drug-likeness (QED) is 0.397. The lowest BCUT2D eigenvalue weighted by Crippen LogP contribution is -2.24. The van der Waals surface area contributed by atoms with Crippen LogP contribution in [0.3, 0.4) is 0 Å². The van der Waals surface area contributed by atoms with Crippen LogP contribution in [-0.4, -0.2) is 47.7 Å². The molecular weight excluding hydrogens is 467 g/mol. The molecule has 4 aromatic heterocycles. The molecule has 4 aromatic rings. The van der Waals surface area contributed by atoms with E-state index in [-0.39, 0.29) is 23.5 Å². The van der Waals surface area contributed by atoms with Crippen molar-refractivity contribution in [2.24, 2.45) is 0 Å². The average molecular weight is 484 g/mol. The Balaban J connectivity index is 0.00000272. The van der Waals surface area contributed by atoms with Crippen molar-refractivity contribution in [2.45, 2.75) is 13.0 Å². The van der Waals surface area contributed by atoms with Crippen molar-refractivity contribution in [1.29, 1.82) is 0 Å². The Kier molecular flexibility index (Phi) is 6.91. The highest BCUT2D eigenvalue weighted by Crippen LogP contribution is 2.25. The van der Waals surface area contributed by atoms with Crippen LogP contribution in [0.25, 0.3) is 11.5 Å². The van der Waals surface area contributed by atoms with Gasteiger partial charge in [-0.05, 0) is 20.0 Å². The predicted octanol–water partition coefficient (Wildman–Crippen LogP) is 3.36. The number of urea groups is 1. The predicted molar refractivity (Wildman–Crippen MR) is 120 cm³/mol. The molecule has 0 saturated heterocycles. The maximum absolute atomic E-state index is 12.6. The van der Waals surface area contributed by atoms with Gasteiger partial charge in [-0.15, -0.1) is 17.2 Å². The van der Waals surface area contributed by atoms with Crippen LogP contribution >= 0.6 is 35.6 Å². The average Bonchev–Trinajstić information content (AvgIpc) is 3.36. The summed E-state index contributed by atoms with van der Waals surface area (Å²) in [4.78, 5) is 22.4. The van der Waals surface area contributed by atoms with Crippen molar-refractivity contribution in [3.05, 3.63) is 52.8 Å². The number of amides is 2. The molecule has 4 rings (SSSR count). The van der Waals surface area contributed by atoms with Crippen LogP contribution in [0.4, 0.5) is 16.2 Å². The highest BCUT2D eigenvalue weighted by Gasteiger charge is 2.18. The summed E-state index contributed by atoms with van der Waals surface area (Å²) < 4.78 is 1.59. The second-order valence-corrected chi connectivity index (χ2v) is 7.03. The molecule has 0 aromatic carbocycles. The SMILES string of the molecule is CN[C@@H](C)c1c(NC(=O)Nc2cnc(-n3nccn3)c(Cl)c2)cnc2cc(Cl)nn12.Cl. The Bertz CT molecular complexity index is 1210. The fourth-order valence-electron chi connectivity index (χ4n) is 2.83. The minimum atomic E-state index is -0.498. The summed E-state index contributed by atoms with van der Waals surface area (Å²) in [6.07, 6.45) is 6.03. The van der Waals surface area contributed by atoms with E-state index in [9.17, 15) is 4.79 Å². The molecule has 162 valence electrons. The number of rotatable bonds is 5. The fourth-order valence-corrected chi connectivity index (χ4v) is 3.24. The third-order valence-corrected chi connectivity index (χ3v) is 4.73. The summed E-state index contributed by atoms with van der Waals surface area (Å²) in [6.45, 7) is 1.93. The molecule has 0 aliphatic carbocycles. The van der Waals surface area contributed by atoms with Crippen molar-refractivity contribution >= 4 is 58.7 Å². The second kappa shape index (κ2) is 9.43. The number of carbonyl (C=O) groups is 1. The van der Waals surface area contributed by atoms with Crippen molar-refractivity contribution in [1.82, 2.24) is 39.9 Å².